The van der Waals surface area contributed by atoms with Crippen molar-refractivity contribution in [3.63, 3.8) is 0 Å². The van der Waals surface area contributed by atoms with Crippen LogP contribution in [0.5, 0.6) is 0 Å². The van der Waals surface area contributed by atoms with Gasteiger partial charge in [-0.1, -0.05) is 0 Å². The number of nitrogens with two attached hydrogens (primary N) is 2. The average Bonchev–Trinajstić information content (AvgIpc) is 1.79. The molecule has 0 rings (SSSR count). The first-order valence-corrected chi connectivity index (χ1v) is 3.47. The van der Waals surface area contributed by atoms with Gasteiger partial charge in [-0.2, -0.15) is 10.2 Å². The quantitative estimate of drug-likeness (QED) is 0.621. The molecule has 2 unspecified atom stereocenters. The summed E-state index contributed by atoms with van der Waals surface area (Å²) in [6, 6.07) is 0.189. The number of hydrogen-bond acceptors (Lipinski definition) is 4. The first kappa shape index (κ1) is 13.4. The van der Waals surface area contributed by atoms with Crippen LogP contribution in [0.1, 0.15) is 13.8 Å². The summed E-state index contributed by atoms with van der Waals surface area (Å²) >= 11 is 0. The molecule has 0 saturated carbocycles. The SMILES string of the molecule is CC(N)C/N=N/CC(C)N.Cl. The predicted molar refractivity (Wildman–Crippen MR) is 49.1 cm³/mol. The number of rotatable bonds is 4. The summed E-state index contributed by atoms with van der Waals surface area (Å²) in [6.07, 6.45) is 0. The van der Waals surface area contributed by atoms with Gasteiger partial charge >= 0.3 is 0 Å². The lowest BCUT2D eigenvalue weighted by Crippen LogP contribution is -2.20. The Balaban J connectivity index is 0. The van der Waals surface area contributed by atoms with Crippen LogP contribution in [0.4, 0.5) is 0 Å². The highest BCUT2D eigenvalue weighted by Gasteiger charge is 1.90. The van der Waals surface area contributed by atoms with Crippen LogP contribution < -0.4 is 11.5 Å². The number of nitrogens with zero attached hydrogens (tertiary/aromatic N) is 2. The molecular weight excluding hydrogens is 164 g/mol. The molecule has 0 aromatic heterocycles. The minimum absolute atomic E-state index is 0. The van der Waals surface area contributed by atoms with Gasteiger partial charge < -0.3 is 11.5 Å². The number of hydrogen-bond donors (Lipinski definition) is 2. The Bertz CT molecular complexity index is 90.8. The maximum atomic E-state index is 5.42. The topological polar surface area (TPSA) is 76.8 Å². The molecule has 68 valence electrons. The minimum Gasteiger partial charge on any atom is -0.326 e. The maximum Gasteiger partial charge on any atom is 0.0747 e. The summed E-state index contributed by atoms with van der Waals surface area (Å²) in [6.45, 7) is 4.97. The Morgan fingerprint density at radius 1 is 1.00 bits per heavy atom. The van der Waals surface area contributed by atoms with E-state index in [1.165, 1.54) is 0 Å². The van der Waals surface area contributed by atoms with Gasteiger partial charge in [0.1, 0.15) is 0 Å². The van der Waals surface area contributed by atoms with Crippen molar-refractivity contribution < 1.29 is 0 Å². The third-order valence-corrected chi connectivity index (χ3v) is 0.839. The fourth-order valence-corrected chi connectivity index (χ4v) is 0.373. The van der Waals surface area contributed by atoms with Crippen molar-refractivity contribution in [2.24, 2.45) is 21.7 Å². The van der Waals surface area contributed by atoms with E-state index < -0.39 is 0 Å². The van der Waals surface area contributed by atoms with Crippen LogP contribution in [-0.4, -0.2) is 25.2 Å². The Labute approximate surface area is 73.8 Å². The van der Waals surface area contributed by atoms with Crippen LogP contribution in [-0.2, 0) is 0 Å². The second kappa shape index (κ2) is 7.91. The van der Waals surface area contributed by atoms with Crippen molar-refractivity contribution in [1.82, 2.24) is 0 Å². The third-order valence-electron chi connectivity index (χ3n) is 0.839. The standard InChI is InChI=1S/C6H16N4.ClH/c1-5(7)3-9-10-4-6(2)8;/h5-6H,3-4,7-8H2,1-2H3;1H/b10-9+;. The molecule has 0 aliphatic carbocycles. The summed E-state index contributed by atoms with van der Waals surface area (Å²) in [7, 11) is 0. The zero-order valence-electron chi connectivity index (χ0n) is 7.03. The van der Waals surface area contributed by atoms with Gasteiger partial charge in [-0.05, 0) is 13.8 Å². The zero-order valence-corrected chi connectivity index (χ0v) is 7.84. The summed E-state index contributed by atoms with van der Waals surface area (Å²) in [5.74, 6) is 0. The van der Waals surface area contributed by atoms with Crippen molar-refractivity contribution in [2.75, 3.05) is 13.1 Å². The smallest absolute Gasteiger partial charge is 0.0747 e. The monoisotopic (exact) mass is 180 g/mol. The molecule has 0 aromatic rings. The van der Waals surface area contributed by atoms with Gasteiger partial charge in [0, 0.05) is 12.1 Å². The molecule has 0 aliphatic heterocycles. The van der Waals surface area contributed by atoms with Gasteiger partial charge in [0.2, 0.25) is 0 Å². The van der Waals surface area contributed by atoms with Crippen molar-refractivity contribution in [2.45, 2.75) is 25.9 Å². The summed E-state index contributed by atoms with van der Waals surface area (Å²) in [5.41, 5.74) is 10.8. The van der Waals surface area contributed by atoms with Crippen molar-refractivity contribution >= 4 is 12.4 Å². The van der Waals surface area contributed by atoms with Gasteiger partial charge in [0.25, 0.3) is 0 Å². The van der Waals surface area contributed by atoms with Crippen LogP contribution in [0, 0.1) is 0 Å². The number of azo groups is 1. The van der Waals surface area contributed by atoms with Crippen LogP contribution in [0.15, 0.2) is 10.2 Å². The Hall–Kier alpha value is -0.190. The van der Waals surface area contributed by atoms with Crippen molar-refractivity contribution in [3.05, 3.63) is 0 Å². The van der Waals surface area contributed by atoms with E-state index in [0.29, 0.717) is 13.1 Å². The molecule has 11 heavy (non-hydrogen) atoms. The van der Waals surface area contributed by atoms with E-state index in [2.05, 4.69) is 10.2 Å². The third kappa shape index (κ3) is 12.9. The first-order valence-electron chi connectivity index (χ1n) is 3.47. The van der Waals surface area contributed by atoms with Crippen LogP contribution in [0.3, 0.4) is 0 Å². The minimum atomic E-state index is 0. The van der Waals surface area contributed by atoms with Gasteiger partial charge in [-0.3, -0.25) is 0 Å². The molecule has 0 heterocycles. The molecule has 5 heteroatoms. The lowest BCUT2D eigenvalue weighted by atomic mass is 10.4. The molecular formula is C6H17ClN4. The van der Waals surface area contributed by atoms with Gasteiger partial charge in [-0.25, -0.2) is 0 Å². The molecule has 0 spiro atoms. The van der Waals surface area contributed by atoms with Crippen molar-refractivity contribution in [3.8, 4) is 0 Å². The highest BCUT2D eigenvalue weighted by Crippen LogP contribution is 1.82. The summed E-state index contributed by atoms with van der Waals surface area (Å²) in [4.78, 5) is 0. The Kier molecular flexibility index (Phi) is 9.64. The molecule has 0 aliphatic rings. The molecule has 0 radical (unpaired) electrons. The van der Waals surface area contributed by atoms with Crippen molar-refractivity contribution in [1.29, 1.82) is 0 Å². The van der Waals surface area contributed by atoms with Gasteiger partial charge in [0.05, 0.1) is 13.1 Å². The fourth-order valence-electron chi connectivity index (χ4n) is 0.373. The van der Waals surface area contributed by atoms with Crippen LogP contribution in [0.25, 0.3) is 0 Å². The Morgan fingerprint density at radius 2 is 1.27 bits per heavy atom. The molecule has 0 fully saturated rings. The van der Waals surface area contributed by atoms with E-state index in [0.717, 1.165) is 0 Å². The van der Waals surface area contributed by atoms with E-state index in [-0.39, 0.29) is 24.5 Å². The molecule has 0 aromatic carbocycles. The average molecular weight is 181 g/mol. The first-order chi connectivity index (χ1) is 4.63. The molecule has 0 bridgehead atoms. The van der Waals surface area contributed by atoms with Crippen LogP contribution in [0.2, 0.25) is 0 Å². The van der Waals surface area contributed by atoms with E-state index in [1.54, 1.807) is 0 Å². The normalized spacial score (nSPS) is 16.0. The molecule has 0 amide bonds. The van der Waals surface area contributed by atoms with Crippen LogP contribution >= 0.6 is 12.4 Å². The maximum absolute atomic E-state index is 5.42. The zero-order chi connectivity index (χ0) is 7.98. The van der Waals surface area contributed by atoms with Gasteiger partial charge in [-0.15, -0.1) is 12.4 Å². The number of halogens is 1. The Morgan fingerprint density at radius 3 is 1.45 bits per heavy atom. The van der Waals surface area contributed by atoms with E-state index in [9.17, 15) is 0 Å². The second-order valence-corrected chi connectivity index (χ2v) is 2.60. The summed E-state index contributed by atoms with van der Waals surface area (Å²) < 4.78 is 0. The van der Waals surface area contributed by atoms with E-state index >= 15 is 0 Å². The predicted octanol–water partition coefficient (Wildman–Crippen LogP) is 0.555. The lowest BCUT2D eigenvalue weighted by molar-refractivity contribution is 0.672. The molecule has 4 nitrogen and oxygen atoms in total. The van der Waals surface area contributed by atoms with E-state index in [4.69, 9.17) is 11.5 Å². The highest BCUT2D eigenvalue weighted by molar-refractivity contribution is 5.85. The molecule has 4 N–H and O–H groups in total. The largest absolute Gasteiger partial charge is 0.326 e. The lowest BCUT2D eigenvalue weighted by Gasteiger charge is -1.98. The van der Waals surface area contributed by atoms with Gasteiger partial charge in [0.15, 0.2) is 0 Å². The molecule has 0 saturated heterocycles. The summed E-state index contributed by atoms with van der Waals surface area (Å²) in [5, 5.41) is 7.66. The highest BCUT2D eigenvalue weighted by atomic mass is 35.5. The van der Waals surface area contributed by atoms with E-state index in [1.807, 2.05) is 13.8 Å². The fraction of sp³-hybridized carbons (Fsp3) is 1.00. The second-order valence-electron chi connectivity index (χ2n) is 2.60. The molecule has 2 atom stereocenters.